The van der Waals surface area contributed by atoms with Gasteiger partial charge in [0.2, 0.25) is 0 Å². The molecular formula is C20H34O. The maximum absolute atomic E-state index is 9.74. The highest BCUT2D eigenvalue weighted by molar-refractivity contribution is 5.06. The average molecular weight is 290 g/mol. The largest absolute Gasteiger partial charge is 0.378 e. The zero-order chi connectivity index (χ0) is 16.3. The highest BCUT2D eigenvalue weighted by atomic mass is 16.3. The average Bonchev–Trinajstić information content (AvgIpc) is 2.38. The molecule has 0 aliphatic heterocycles. The molecule has 0 aromatic rings. The van der Waals surface area contributed by atoms with Crippen LogP contribution in [-0.4, -0.2) is 10.7 Å². The van der Waals surface area contributed by atoms with Crippen LogP contribution in [0.5, 0.6) is 0 Å². The van der Waals surface area contributed by atoms with Gasteiger partial charge in [0, 0.05) is 0 Å². The quantitative estimate of drug-likeness (QED) is 0.407. The van der Waals surface area contributed by atoms with E-state index in [2.05, 4.69) is 45.8 Å². The number of hydrogen-bond donors (Lipinski definition) is 1. The van der Waals surface area contributed by atoms with E-state index in [4.69, 9.17) is 6.42 Å². The lowest BCUT2D eigenvalue weighted by atomic mass is 9.96. The Morgan fingerprint density at radius 1 is 1.19 bits per heavy atom. The van der Waals surface area contributed by atoms with Gasteiger partial charge in [-0.3, -0.25) is 0 Å². The third kappa shape index (κ3) is 12.5. The normalized spacial score (nSPS) is 16.0. The summed E-state index contributed by atoms with van der Waals surface area (Å²) in [6.07, 6.45) is 17.5. The summed E-state index contributed by atoms with van der Waals surface area (Å²) in [5.41, 5.74) is 1.87. The Labute approximate surface area is 132 Å². The maximum atomic E-state index is 9.74. The second kappa shape index (κ2) is 10.7. The molecule has 0 aliphatic carbocycles. The van der Waals surface area contributed by atoms with Crippen molar-refractivity contribution in [1.29, 1.82) is 0 Å². The molecule has 120 valence electrons. The molecule has 0 amide bonds. The zero-order valence-corrected chi connectivity index (χ0v) is 14.7. The van der Waals surface area contributed by atoms with E-state index in [1.165, 1.54) is 36.8 Å². The van der Waals surface area contributed by atoms with Crippen LogP contribution >= 0.6 is 0 Å². The van der Waals surface area contributed by atoms with Crippen molar-refractivity contribution in [1.82, 2.24) is 0 Å². The maximum Gasteiger partial charge on any atom is 0.122 e. The van der Waals surface area contributed by atoms with Gasteiger partial charge in [-0.25, -0.2) is 0 Å². The second-order valence-corrected chi connectivity index (χ2v) is 6.86. The number of allylic oxidation sites excluding steroid dienone is 4. The highest BCUT2D eigenvalue weighted by Crippen LogP contribution is 2.18. The smallest absolute Gasteiger partial charge is 0.122 e. The van der Waals surface area contributed by atoms with Gasteiger partial charge in [-0.2, -0.15) is 0 Å². The Morgan fingerprint density at radius 2 is 1.86 bits per heavy atom. The van der Waals surface area contributed by atoms with Crippen molar-refractivity contribution in [3.05, 3.63) is 23.3 Å². The zero-order valence-electron chi connectivity index (χ0n) is 14.7. The molecule has 0 aromatic heterocycles. The van der Waals surface area contributed by atoms with Crippen LogP contribution in [0.15, 0.2) is 23.3 Å². The van der Waals surface area contributed by atoms with Gasteiger partial charge in [-0.1, -0.05) is 42.6 Å². The minimum Gasteiger partial charge on any atom is -0.378 e. The summed E-state index contributed by atoms with van der Waals surface area (Å²) < 4.78 is 0. The van der Waals surface area contributed by atoms with E-state index in [9.17, 15) is 5.11 Å². The van der Waals surface area contributed by atoms with Gasteiger partial charge >= 0.3 is 0 Å². The molecule has 1 N–H and O–H groups in total. The minimum absolute atomic E-state index is 0.639. The molecule has 0 radical (unpaired) electrons. The number of hydrogen-bond acceptors (Lipinski definition) is 1. The molecule has 0 rings (SSSR count). The summed E-state index contributed by atoms with van der Waals surface area (Å²) in [6.45, 7) is 10.6. The predicted molar refractivity (Wildman–Crippen MR) is 94.1 cm³/mol. The van der Waals surface area contributed by atoms with Crippen molar-refractivity contribution < 1.29 is 5.11 Å². The summed E-state index contributed by atoms with van der Waals surface area (Å²) in [6, 6.07) is 0. The predicted octanol–water partition coefficient (Wildman–Crippen LogP) is 5.65. The first-order valence-electron chi connectivity index (χ1n) is 8.26. The van der Waals surface area contributed by atoms with Gasteiger partial charge in [0.05, 0.1) is 0 Å². The molecule has 0 bridgehead atoms. The van der Waals surface area contributed by atoms with Gasteiger partial charge in [0.15, 0.2) is 0 Å². The molecule has 21 heavy (non-hydrogen) atoms. The lowest BCUT2D eigenvalue weighted by molar-refractivity contribution is 0.113. The van der Waals surface area contributed by atoms with Gasteiger partial charge < -0.3 is 5.11 Å². The molecule has 2 atom stereocenters. The van der Waals surface area contributed by atoms with Gasteiger partial charge in [-0.15, -0.1) is 6.42 Å². The van der Waals surface area contributed by atoms with E-state index in [1.807, 2.05) is 0 Å². The van der Waals surface area contributed by atoms with Crippen molar-refractivity contribution in [2.24, 2.45) is 5.92 Å². The van der Waals surface area contributed by atoms with E-state index >= 15 is 0 Å². The van der Waals surface area contributed by atoms with Crippen LogP contribution in [0, 0.1) is 18.3 Å². The lowest BCUT2D eigenvalue weighted by Crippen LogP contribution is -2.20. The van der Waals surface area contributed by atoms with Crippen molar-refractivity contribution in [2.45, 2.75) is 85.2 Å². The standard InChI is InChI=1S/C20H34O/c1-7-20(6,21)16-10-15-19(5)14-9-13-18(4)12-8-11-17(2)3/h1,11,15,18,21H,8-10,12-14,16H2,2-6H3. The first-order valence-corrected chi connectivity index (χ1v) is 8.26. The molecule has 2 unspecified atom stereocenters. The summed E-state index contributed by atoms with van der Waals surface area (Å²) in [4.78, 5) is 0. The molecule has 0 saturated carbocycles. The van der Waals surface area contributed by atoms with E-state index in [0.717, 1.165) is 18.8 Å². The van der Waals surface area contributed by atoms with Crippen LogP contribution in [-0.2, 0) is 0 Å². The van der Waals surface area contributed by atoms with E-state index in [-0.39, 0.29) is 0 Å². The van der Waals surface area contributed by atoms with Crippen molar-refractivity contribution in [2.75, 3.05) is 0 Å². The summed E-state index contributed by atoms with van der Waals surface area (Å²) in [7, 11) is 0. The lowest BCUT2D eigenvalue weighted by Gasteiger charge is -2.14. The van der Waals surface area contributed by atoms with Crippen molar-refractivity contribution in [3.8, 4) is 12.3 Å². The van der Waals surface area contributed by atoms with Gasteiger partial charge in [0.1, 0.15) is 5.60 Å². The minimum atomic E-state index is -0.962. The fourth-order valence-corrected chi connectivity index (χ4v) is 2.30. The highest BCUT2D eigenvalue weighted by Gasteiger charge is 2.14. The van der Waals surface area contributed by atoms with Crippen LogP contribution in [0.2, 0.25) is 0 Å². The van der Waals surface area contributed by atoms with Crippen LogP contribution in [0.25, 0.3) is 0 Å². The Morgan fingerprint density at radius 3 is 2.43 bits per heavy atom. The summed E-state index contributed by atoms with van der Waals surface area (Å²) in [5, 5.41) is 9.74. The first-order chi connectivity index (χ1) is 9.76. The summed E-state index contributed by atoms with van der Waals surface area (Å²) in [5.74, 6) is 3.22. The number of rotatable bonds is 10. The third-order valence-electron chi connectivity index (χ3n) is 3.91. The molecule has 0 fully saturated rings. The fourth-order valence-electron chi connectivity index (χ4n) is 2.30. The molecule has 1 heteroatoms. The summed E-state index contributed by atoms with van der Waals surface area (Å²) >= 11 is 0. The van der Waals surface area contributed by atoms with Crippen LogP contribution in [0.4, 0.5) is 0 Å². The Kier molecular flexibility index (Phi) is 10.2. The fraction of sp³-hybridized carbons (Fsp3) is 0.700. The number of aliphatic hydroxyl groups is 1. The van der Waals surface area contributed by atoms with Gasteiger partial charge in [0.25, 0.3) is 0 Å². The molecule has 0 saturated heterocycles. The first kappa shape index (κ1) is 20.0. The van der Waals surface area contributed by atoms with Crippen LogP contribution in [0.1, 0.15) is 79.6 Å². The Hall–Kier alpha value is -1.00. The van der Waals surface area contributed by atoms with E-state index < -0.39 is 5.60 Å². The second-order valence-electron chi connectivity index (χ2n) is 6.86. The van der Waals surface area contributed by atoms with Crippen LogP contribution < -0.4 is 0 Å². The van der Waals surface area contributed by atoms with E-state index in [1.54, 1.807) is 6.92 Å². The van der Waals surface area contributed by atoms with Gasteiger partial charge in [-0.05, 0) is 72.1 Å². The van der Waals surface area contributed by atoms with Crippen molar-refractivity contribution in [3.63, 3.8) is 0 Å². The Balaban J connectivity index is 3.81. The molecule has 0 aromatic carbocycles. The topological polar surface area (TPSA) is 20.2 Å². The molecule has 1 nitrogen and oxygen atoms in total. The Bertz CT molecular complexity index is 375. The number of terminal acetylenes is 1. The molecule has 0 aliphatic rings. The monoisotopic (exact) mass is 290 g/mol. The van der Waals surface area contributed by atoms with Crippen LogP contribution in [0.3, 0.4) is 0 Å². The van der Waals surface area contributed by atoms with Crippen molar-refractivity contribution >= 4 is 0 Å². The molecule has 0 spiro atoms. The van der Waals surface area contributed by atoms with E-state index in [0.29, 0.717) is 6.42 Å². The SMILES string of the molecule is C#CC(C)(O)CCC=C(C)CCCC(C)CCC=C(C)C. The third-order valence-corrected chi connectivity index (χ3v) is 3.91. The molecular weight excluding hydrogens is 256 g/mol. The molecule has 0 heterocycles.